The highest BCUT2D eigenvalue weighted by Gasteiger charge is 2.38. The van der Waals surface area contributed by atoms with Crippen LogP contribution in [0.15, 0.2) is 0 Å². The van der Waals surface area contributed by atoms with E-state index in [1.54, 1.807) is 0 Å². The normalized spacial score (nSPS) is 31.9. The standard InChI is InChI=1S/C16H31NO2/c1-16(2,3)17-10-15(18)11-19-7-6-14-9-12-4-5-13(14)8-12/h12-15,17-18H,4-11H2,1-3H3/t12-,13-,14-,15-/m0/s1. The molecule has 0 spiro atoms. The highest BCUT2D eigenvalue weighted by molar-refractivity contribution is 4.89. The maximum atomic E-state index is 9.82. The van der Waals surface area contributed by atoms with Crippen LogP contribution in [0.2, 0.25) is 0 Å². The minimum atomic E-state index is -0.390. The molecule has 19 heavy (non-hydrogen) atoms. The van der Waals surface area contributed by atoms with Gasteiger partial charge in [-0.15, -0.1) is 0 Å². The lowest BCUT2D eigenvalue weighted by Crippen LogP contribution is -2.42. The first-order valence-corrected chi connectivity index (χ1v) is 7.95. The molecule has 0 heterocycles. The van der Waals surface area contributed by atoms with Gasteiger partial charge in [0.2, 0.25) is 0 Å². The van der Waals surface area contributed by atoms with Gasteiger partial charge in [0.25, 0.3) is 0 Å². The molecule has 0 aromatic rings. The fourth-order valence-corrected chi connectivity index (χ4v) is 3.67. The molecule has 2 aliphatic carbocycles. The Bertz CT molecular complexity index is 274. The molecule has 4 atom stereocenters. The van der Waals surface area contributed by atoms with E-state index in [2.05, 4.69) is 26.1 Å². The van der Waals surface area contributed by atoms with Crippen LogP contribution in [0.4, 0.5) is 0 Å². The van der Waals surface area contributed by atoms with Gasteiger partial charge in [0, 0.05) is 18.7 Å². The topological polar surface area (TPSA) is 41.5 Å². The smallest absolute Gasteiger partial charge is 0.0897 e. The van der Waals surface area contributed by atoms with Crippen molar-refractivity contribution in [3.05, 3.63) is 0 Å². The van der Waals surface area contributed by atoms with Crippen LogP contribution >= 0.6 is 0 Å². The Morgan fingerprint density at radius 2 is 2.05 bits per heavy atom. The van der Waals surface area contributed by atoms with Gasteiger partial charge in [-0.25, -0.2) is 0 Å². The molecule has 0 unspecified atom stereocenters. The molecule has 2 rings (SSSR count). The minimum absolute atomic E-state index is 0.0596. The Morgan fingerprint density at radius 3 is 2.63 bits per heavy atom. The lowest BCUT2D eigenvalue weighted by atomic mass is 9.87. The number of nitrogens with one attached hydrogen (secondary N) is 1. The summed E-state index contributed by atoms with van der Waals surface area (Å²) in [7, 11) is 0. The minimum Gasteiger partial charge on any atom is -0.389 e. The van der Waals surface area contributed by atoms with Crippen molar-refractivity contribution in [3.8, 4) is 0 Å². The van der Waals surface area contributed by atoms with Crippen LogP contribution in [0.25, 0.3) is 0 Å². The van der Waals surface area contributed by atoms with E-state index in [9.17, 15) is 5.11 Å². The van der Waals surface area contributed by atoms with Crippen molar-refractivity contribution >= 4 is 0 Å². The molecule has 3 nitrogen and oxygen atoms in total. The van der Waals surface area contributed by atoms with Crippen molar-refractivity contribution < 1.29 is 9.84 Å². The number of β-amino-alcohol motifs (C(OH)–C–C–N with tert-alkyl or cyclic N) is 1. The van der Waals surface area contributed by atoms with E-state index in [1.165, 1.54) is 32.1 Å². The van der Waals surface area contributed by atoms with Crippen LogP contribution in [0.3, 0.4) is 0 Å². The van der Waals surface area contributed by atoms with Gasteiger partial charge in [-0.05, 0) is 64.2 Å². The summed E-state index contributed by atoms with van der Waals surface area (Å²) < 4.78 is 5.64. The number of aliphatic hydroxyl groups is 1. The third-order valence-corrected chi connectivity index (χ3v) is 4.70. The fraction of sp³-hybridized carbons (Fsp3) is 1.00. The molecule has 0 saturated heterocycles. The zero-order valence-electron chi connectivity index (χ0n) is 12.8. The number of aliphatic hydroxyl groups excluding tert-OH is 1. The van der Waals surface area contributed by atoms with E-state index < -0.39 is 0 Å². The third-order valence-electron chi connectivity index (χ3n) is 4.70. The van der Waals surface area contributed by atoms with Crippen molar-refractivity contribution in [2.75, 3.05) is 19.8 Å². The Morgan fingerprint density at radius 1 is 1.26 bits per heavy atom. The first kappa shape index (κ1) is 15.3. The molecule has 112 valence electrons. The van der Waals surface area contributed by atoms with Crippen molar-refractivity contribution in [2.24, 2.45) is 17.8 Å². The molecule has 0 radical (unpaired) electrons. The van der Waals surface area contributed by atoms with Gasteiger partial charge in [-0.2, -0.15) is 0 Å². The molecule has 2 N–H and O–H groups in total. The quantitative estimate of drug-likeness (QED) is 0.698. The molecule has 2 saturated carbocycles. The summed E-state index contributed by atoms with van der Waals surface area (Å²) in [6, 6.07) is 0. The zero-order chi connectivity index (χ0) is 13.9. The summed E-state index contributed by atoms with van der Waals surface area (Å²) in [6.45, 7) is 8.21. The fourth-order valence-electron chi connectivity index (χ4n) is 3.67. The number of rotatable bonds is 7. The van der Waals surface area contributed by atoms with Crippen LogP contribution < -0.4 is 5.32 Å². The Labute approximate surface area is 118 Å². The Kier molecular flexibility index (Phi) is 5.27. The molecular weight excluding hydrogens is 238 g/mol. The van der Waals surface area contributed by atoms with Gasteiger partial charge >= 0.3 is 0 Å². The summed E-state index contributed by atoms with van der Waals surface area (Å²) in [5.41, 5.74) is 0.0596. The van der Waals surface area contributed by atoms with E-state index in [1.807, 2.05) is 0 Å². The van der Waals surface area contributed by atoms with Crippen LogP contribution in [0, 0.1) is 17.8 Å². The zero-order valence-corrected chi connectivity index (χ0v) is 12.8. The number of fused-ring (bicyclic) bond motifs is 2. The van der Waals surface area contributed by atoms with E-state index in [0.29, 0.717) is 13.2 Å². The average Bonchev–Trinajstić information content (AvgIpc) is 2.93. The first-order valence-electron chi connectivity index (χ1n) is 7.95. The first-order chi connectivity index (χ1) is 8.94. The van der Waals surface area contributed by atoms with Crippen molar-refractivity contribution in [1.29, 1.82) is 0 Å². The summed E-state index contributed by atoms with van der Waals surface area (Å²) in [6.07, 6.45) is 6.64. The molecule has 0 aromatic carbocycles. The van der Waals surface area contributed by atoms with E-state index >= 15 is 0 Å². The SMILES string of the molecule is CC(C)(C)NC[C@H](O)COCC[C@H]1C[C@H]2CC[C@H]1C2. The maximum Gasteiger partial charge on any atom is 0.0897 e. The van der Waals surface area contributed by atoms with Crippen LogP contribution in [-0.4, -0.2) is 36.5 Å². The van der Waals surface area contributed by atoms with Gasteiger partial charge in [0.05, 0.1) is 12.7 Å². The number of hydrogen-bond donors (Lipinski definition) is 2. The van der Waals surface area contributed by atoms with Gasteiger partial charge < -0.3 is 15.2 Å². The van der Waals surface area contributed by atoms with E-state index in [-0.39, 0.29) is 11.6 Å². The molecule has 0 amide bonds. The average molecular weight is 269 g/mol. The van der Waals surface area contributed by atoms with Crippen molar-refractivity contribution in [2.45, 2.75) is 64.5 Å². The molecule has 0 aliphatic heterocycles. The lowest BCUT2D eigenvalue weighted by molar-refractivity contribution is 0.0265. The van der Waals surface area contributed by atoms with Crippen molar-refractivity contribution in [1.82, 2.24) is 5.32 Å². The van der Waals surface area contributed by atoms with E-state index in [4.69, 9.17) is 4.74 Å². The predicted octanol–water partition coefficient (Wildman–Crippen LogP) is 2.58. The monoisotopic (exact) mass is 269 g/mol. The summed E-state index contributed by atoms with van der Waals surface area (Å²) in [5.74, 6) is 2.92. The maximum absolute atomic E-state index is 9.82. The Balaban J connectivity index is 1.50. The largest absolute Gasteiger partial charge is 0.389 e. The molecule has 2 fully saturated rings. The van der Waals surface area contributed by atoms with E-state index in [0.717, 1.165) is 24.4 Å². The summed E-state index contributed by atoms with van der Waals surface area (Å²) >= 11 is 0. The van der Waals surface area contributed by atoms with Crippen LogP contribution in [0.1, 0.15) is 52.9 Å². The van der Waals surface area contributed by atoms with Gasteiger partial charge in [-0.3, -0.25) is 0 Å². The Hall–Kier alpha value is -0.120. The third kappa shape index (κ3) is 5.05. The molecule has 2 aliphatic rings. The second kappa shape index (κ2) is 6.55. The van der Waals surface area contributed by atoms with Gasteiger partial charge in [-0.1, -0.05) is 6.42 Å². The summed E-state index contributed by atoms with van der Waals surface area (Å²) in [5, 5.41) is 13.1. The van der Waals surface area contributed by atoms with Crippen LogP contribution in [-0.2, 0) is 4.74 Å². The second-order valence-electron chi connectivity index (χ2n) is 7.58. The van der Waals surface area contributed by atoms with Crippen LogP contribution in [0.5, 0.6) is 0 Å². The van der Waals surface area contributed by atoms with Gasteiger partial charge in [0.15, 0.2) is 0 Å². The molecule has 2 bridgehead atoms. The number of hydrogen-bond acceptors (Lipinski definition) is 3. The highest BCUT2D eigenvalue weighted by atomic mass is 16.5. The second-order valence-corrected chi connectivity index (χ2v) is 7.58. The van der Waals surface area contributed by atoms with Gasteiger partial charge in [0.1, 0.15) is 0 Å². The highest BCUT2D eigenvalue weighted by Crippen LogP contribution is 2.49. The molecular formula is C16H31NO2. The summed E-state index contributed by atoms with van der Waals surface area (Å²) in [4.78, 5) is 0. The van der Waals surface area contributed by atoms with Crippen molar-refractivity contribution in [3.63, 3.8) is 0 Å². The lowest BCUT2D eigenvalue weighted by Gasteiger charge is -2.23. The molecule has 0 aromatic heterocycles. The number of ether oxygens (including phenoxy) is 1. The predicted molar refractivity (Wildman–Crippen MR) is 78.1 cm³/mol. The molecule has 3 heteroatoms.